The van der Waals surface area contributed by atoms with E-state index in [9.17, 15) is 23.3 Å². The van der Waals surface area contributed by atoms with Gasteiger partial charge in [0, 0.05) is 23.3 Å². The second-order valence-electron chi connectivity index (χ2n) is 7.05. The number of carbonyl (C=O) groups is 1. The van der Waals surface area contributed by atoms with E-state index in [1.165, 1.54) is 12.3 Å². The van der Waals surface area contributed by atoms with Gasteiger partial charge in [-0.3, -0.25) is 14.9 Å². The molecule has 1 N–H and O–H groups in total. The van der Waals surface area contributed by atoms with Gasteiger partial charge in [0.15, 0.2) is 5.75 Å². The average molecular weight is 475 g/mol. The molecule has 0 aromatic heterocycles. The van der Waals surface area contributed by atoms with E-state index in [1.54, 1.807) is 30.3 Å². The van der Waals surface area contributed by atoms with Gasteiger partial charge in [0.1, 0.15) is 4.90 Å². The van der Waals surface area contributed by atoms with Crippen LogP contribution in [0.4, 0.5) is 5.69 Å². The molecule has 0 spiro atoms. The molecule has 1 amide bonds. The van der Waals surface area contributed by atoms with Crippen molar-refractivity contribution in [3.63, 3.8) is 0 Å². The van der Waals surface area contributed by atoms with E-state index in [0.717, 1.165) is 35.0 Å². The maximum absolute atomic E-state index is 12.6. The zero-order valence-corrected chi connectivity index (χ0v) is 18.3. The van der Waals surface area contributed by atoms with E-state index in [2.05, 4.69) is 10.5 Å². The lowest BCUT2D eigenvalue weighted by Gasteiger charge is -2.09. The van der Waals surface area contributed by atoms with Crippen LogP contribution in [0.2, 0.25) is 0 Å². The third-order valence-corrected chi connectivity index (χ3v) is 6.11. The highest BCUT2D eigenvalue weighted by molar-refractivity contribution is 7.87. The second kappa shape index (κ2) is 9.51. The molecule has 0 aliphatic carbocycles. The van der Waals surface area contributed by atoms with Gasteiger partial charge in [0.25, 0.3) is 11.6 Å². The van der Waals surface area contributed by atoms with Crippen molar-refractivity contribution in [1.29, 1.82) is 0 Å². The van der Waals surface area contributed by atoms with Gasteiger partial charge in [-0.1, -0.05) is 48.5 Å². The summed E-state index contributed by atoms with van der Waals surface area (Å²) in [5, 5.41) is 16.4. The lowest BCUT2D eigenvalue weighted by atomic mass is 10.0. The molecule has 0 unspecified atom stereocenters. The number of fused-ring (bicyclic) bond motifs is 1. The molecule has 0 fully saturated rings. The molecule has 0 aliphatic rings. The zero-order chi connectivity index (χ0) is 24.1. The van der Waals surface area contributed by atoms with Gasteiger partial charge in [-0.05, 0) is 41.1 Å². The number of benzene rings is 4. The normalized spacial score (nSPS) is 11.4. The standard InChI is InChI=1S/C24H17N3O6S/c28-24(22-10-5-8-17-6-1-3-9-21(17)22)26-25-16-18-7-2-4-11-23(18)33-34(31,32)20-14-12-19(13-15-20)27(29)30/h1-16H,(H,26,28)/b25-16+. The predicted octanol–water partition coefficient (Wildman–Crippen LogP) is 4.28. The van der Waals surface area contributed by atoms with E-state index in [4.69, 9.17) is 4.18 Å². The Hall–Kier alpha value is -4.57. The highest BCUT2D eigenvalue weighted by atomic mass is 32.2. The fourth-order valence-corrected chi connectivity index (χ4v) is 4.16. The third-order valence-electron chi connectivity index (χ3n) is 4.86. The first-order valence-corrected chi connectivity index (χ1v) is 11.3. The van der Waals surface area contributed by atoms with Crippen molar-refractivity contribution in [3.05, 3.63) is 112 Å². The van der Waals surface area contributed by atoms with Gasteiger partial charge in [0.05, 0.1) is 11.1 Å². The summed E-state index contributed by atoms with van der Waals surface area (Å²) in [4.78, 5) is 22.5. The number of nitrogens with one attached hydrogen (secondary N) is 1. The Balaban J connectivity index is 1.52. The monoisotopic (exact) mass is 475 g/mol. The van der Waals surface area contributed by atoms with Crippen LogP contribution in [0.5, 0.6) is 5.75 Å². The van der Waals surface area contributed by atoms with Crippen LogP contribution >= 0.6 is 0 Å². The molecule has 4 aromatic rings. The Bertz CT molecular complexity index is 1510. The van der Waals surface area contributed by atoms with Crippen molar-refractivity contribution in [2.75, 3.05) is 0 Å². The van der Waals surface area contributed by atoms with E-state index in [1.807, 2.05) is 30.3 Å². The van der Waals surface area contributed by atoms with Crippen LogP contribution in [0.15, 0.2) is 101 Å². The van der Waals surface area contributed by atoms with Gasteiger partial charge in [-0.25, -0.2) is 5.43 Å². The molecule has 170 valence electrons. The number of hydrogen-bond donors (Lipinski definition) is 1. The Morgan fingerprint density at radius 3 is 2.35 bits per heavy atom. The molecule has 0 radical (unpaired) electrons. The summed E-state index contributed by atoms with van der Waals surface area (Å²) in [5.41, 5.74) is 2.94. The van der Waals surface area contributed by atoms with E-state index in [-0.39, 0.29) is 16.3 Å². The van der Waals surface area contributed by atoms with Crippen molar-refractivity contribution in [2.24, 2.45) is 5.10 Å². The lowest BCUT2D eigenvalue weighted by molar-refractivity contribution is -0.384. The van der Waals surface area contributed by atoms with Crippen molar-refractivity contribution in [2.45, 2.75) is 4.90 Å². The number of para-hydroxylation sites is 1. The number of non-ortho nitro benzene ring substituents is 1. The molecule has 0 heterocycles. The molecule has 34 heavy (non-hydrogen) atoms. The van der Waals surface area contributed by atoms with E-state index < -0.39 is 20.9 Å². The largest absolute Gasteiger partial charge is 0.378 e. The Morgan fingerprint density at radius 1 is 0.912 bits per heavy atom. The Kier molecular flexibility index (Phi) is 6.33. The molecule has 9 nitrogen and oxygen atoms in total. The molecule has 4 rings (SSSR count). The molecular formula is C24H17N3O6S. The summed E-state index contributed by atoms with van der Waals surface area (Å²) in [6.07, 6.45) is 1.27. The van der Waals surface area contributed by atoms with Crippen LogP contribution in [0.3, 0.4) is 0 Å². The van der Waals surface area contributed by atoms with Crippen molar-refractivity contribution >= 4 is 38.7 Å². The first-order chi connectivity index (χ1) is 16.3. The summed E-state index contributed by atoms with van der Waals surface area (Å²) >= 11 is 0. The summed E-state index contributed by atoms with van der Waals surface area (Å²) < 4.78 is 30.5. The molecule has 10 heteroatoms. The number of amides is 1. The van der Waals surface area contributed by atoms with Crippen molar-refractivity contribution in [3.8, 4) is 5.75 Å². The Labute approximate surface area is 194 Å². The van der Waals surface area contributed by atoms with E-state index >= 15 is 0 Å². The third kappa shape index (κ3) is 4.92. The number of nitro benzene ring substituents is 1. The van der Waals surface area contributed by atoms with Crippen LogP contribution in [0.1, 0.15) is 15.9 Å². The smallest absolute Gasteiger partial charge is 0.339 e. The minimum Gasteiger partial charge on any atom is -0.378 e. The van der Waals surface area contributed by atoms with Crippen LogP contribution in [0.25, 0.3) is 10.8 Å². The fraction of sp³-hybridized carbons (Fsp3) is 0. The van der Waals surface area contributed by atoms with E-state index in [0.29, 0.717) is 11.1 Å². The first-order valence-electron chi connectivity index (χ1n) is 9.94. The number of carbonyl (C=O) groups excluding carboxylic acids is 1. The highest BCUT2D eigenvalue weighted by Gasteiger charge is 2.19. The summed E-state index contributed by atoms with van der Waals surface area (Å²) in [6, 6.07) is 23.3. The summed E-state index contributed by atoms with van der Waals surface area (Å²) in [7, 11) is -4.26. The van der Waals surface area contributed by atoms with Gasteiger partial charge >= 0.3 is 10.1 Å². The molecule has 4 aromatic carbocycles. The first kappa shape index (κ1) is 22.6. The van der Waals surface area contributed by atoms with Gasteiger partial charge in [0.2, 0.25) is 0 Å². The predicted molar refractivity (Wildman–Crippen MR) is 126 cm³/mol. The van der Waals surface area contributed by atoms with Crippen LogP contribution < -0.4 is 9.61 Å². The highest BCUT2D eigenvalue weighted by Crippen LogP contribution is 2.23. The Morgan fingerprint density at radius 2 is 1.59 bits per heavy atom. The molecule has 0 aliphatic heterocycles. The minimum atomic E-state index is -4.26. The number of hydrogen-bond acceptors (Lipinski definition) is 7. The topological polar surface area (TPSA) is 128 Å². The quantitative estimate of drug-likeness (QED) is 0.184. The molecule has 0 saturated heterocycles. The summed E-state index contributed by atoms with van der Waals surface area (Å²) in [6.45, 7) is 0. The SMILES string of the molecule is O=C(N/N=C/c1ccccc1OS(=O)(=O)c1ccc([N+](=O)[O-])cc1)c1cccc2ccccc12. The second-order valence-corrected chi connectivity index (χ2v) is 8.60. The van der Waals surface area contributed by atoms with Crippen LogP contribution in [-0.4, -0.2) is 25.5 Å². The lowest BCUT2D eigenvalue weighted by Crippen LogP contribution is -2.18. The maximum atomic E-state index is 12.6. The van der Waals surface area contributed by atoms with Gasteiger partial charge < -0.3 is 4.18 Å². The number of hydrazone groups is 1. The molecule has 0 atom stereocenters. The molecule has 0 bridgehead atoms. The number of rotatable bonds is 7. The van der Waals surface area contributed by atoms with Crippen LogP contribution in [0, 0.1) is 10.1 Å². The maximum Gasteiger partial charge on any atom is 0.339 e. The molecular weight excluding hydrogens is 458 g/mol. The fourth-order valence-electron chi connectivity index (χ4n) is 3.21. The number of nitro groups is 1. The van der Waals surface area contributed by atoms with Crippen molar-refractivity contribution < 1.29 is 22.3 Å². The molecule has 0 saturated carbocycles. The average Bonchev–Trinajstić information content (AvgIpc) is 2.84. The zero-order valence-electron chi connectivity index (χ0n) is 17.5. The minimum absolute atomic E-state index is 0.0241. The van der Waals surface area contributed by atoms with Gasteiger partial charge in [-0.15, -0.1) is 0 Å². The number of nitrogens with zero attached hydrogens (tertiary/aromatic N) is 2. The van der Waals surface area contributed by atoms with Crippen LogP contribution in [-0.2, 0) is 10.1 Å². The van der Waals surface area contributed by atoms with Crippen molar-refractivity contribution in [1.82, 2.24) is 5.43 Å². The van der Waals surface area contributed by atoms with Gasteiger partial charge in [-0.2, -0.15) is 13.5 Å². The summed E-state index contributed by atoms with van der Waals surface area (Å²) in [5.74, 6) is -0.450.